The molecule has 3 heteroatoms. The average Bonchev–Trinajstić information content (AvgIpc) is 2.85. The Morgan fingerprint density at radius 1 is 1.06 bits per heavy atom. The van der Waals surface area contributed by atoms with Gasteiger partial charge in [0.15, 0.2) is 0 Å². The average molecular weight is 219 g/mol. The molecule has 80 valence electrons. The van der Waals surface area contributed by atoms with Crippen LogP contribution < -0.4 is 0 Å². The van der Waals surface area contributed by atoms with Crippen molar-refractivity contribution in [2.24, 2.45) is 4.99 Å². The molecule has 0 spiro atoms. The Kier molecular flexibility index (Phi) is 2.40. The molecule has 0 atom stereocenters. The molecule has 0 fully saturated rings. The van der Waals surface area contributed by atoms with E-state index in [9.17, 15) is 0 Å². The van der Waals surface area contributed by atoms with Crippen molar-refractivity contribution < 1.29 is 0 Å². The quantitative estimate of drug-likeness (QED) is 0.634. The highest BCUT2D eigenvalue weighted by atomic mass is 14.8. The largest absolute Gasteiger partial charge is 0.288 e. The van der Waals surface area contributed by atoms with Gasteiger partial charge in [0, 0.05) is 24.2 Å². The van der Waals surface area contributed by atoms with Gasteiger partial charge in [-0.2, -0.15) is 0 Å². The van der Waals surface area contributed by atoms with Crippen LogP contribution in [0, 0.1) is 11.8 Å². The van der Waals surface area contributed by atoms with E-state index < -0.39 is 0 Å². The van der Waals surface area contributed by atoms with E-state index in [1.165, 1.54) is 5.56 Å². The fourth-order valence-corrected chi connectivity index (χ4v) is 1.67. The lowest BCUT2D eigenvalue weighted by Gasteiger charge is -1.96. The second kappa shape index (κ2) is 4.18. The molecule has 0 saturated heterocycles. The summed E-state index contributed by atoms with van der Waals surface area (Å²) in [6.07, 6.45) is 5.26. The first kappa shape index (κ1) is 9.73. The highest BCUT2D eigenvalue weighted by molar-refractivity contribution is 5.85. The van der Waals surface area contributed by atoms with Crippen molar-refractivity contribution >= 4 is 6.21 Å². The maximum atomic E-state index is 4.21. The molecule has 3 rings (SSSR count). The van der Waals surface area contributed by atoms with Crippen LogP contribution in [-0.4, -0.2) is 16.2 Å². The monoisotopic (exact) mass is 219 g/mol. The first-order valence-electron chi connectivity index (χ1n) is 5.33. The molecular formula is C14H9N3. The molecule has 2 aromatic rings. The summed E-state index contributed by atoms with van der Waals surface area (Å²) in [5.41, 5.74) is 3.38. The van der Waals surface area contributed by atoms with Crippen LogP contribution in [-0.2, 0) is 6.54 Å². The summed E-state index contributed by atoms with van der Waals surface area (Å²) in [5.74, 6) is 6.53. The molecule has 0 amide bonds. The number of aromatic nitrogens is 2. The normalized spacial score (nSPS) is 11.8. The molecule has 0 bridgehead atoms. The van der Waals surface area contributed by atoms with Gasteiger partial charge in [-0.15, -0.1) is 0 Å². The van der Waals surface area contributed by atoms with Crippen molar-refractivity contribution in [3.63, 3.8) is 0 Å². The number of nitrogens with zero attached hydrogens (tertiary/aromatic N) is 3. The summed E-state index contributed by atoms with van der Waals surface area (Å²) < 4.78 is 0. The van der Waals surface area contributed by atoms with Gasteiger partial charge in [-0.1, -0.05) is 12.0 Å². The van der Waals surface area contributed by atoms with Gasteiger partial charge in [-0.05, 0) is 35.2 Å². The minimum absolute atomic E-state index is 0.543. The van der Waals surface area contributed by atoms with Crippen molar-refractivity contribution in [2.75, 3.05) is 0 Å². The van der Waals surface area contributed by atoms with E-state index in [1.54, 1.807) is 18.5 Å². The van der Waals surface area contributed by atoms with E-state index in [2.05, 4.69) is 32.9 Å². The number of aliphatic imine (C=N–C) groups is 1. The van der Waals surface area contributed by atoms with Crippen LogP contribution in [0.1, 0.15) is 22.5 Å². The number of hydrogen-bond acceptors (Lipinski definition) is 3. The van der Waals surface area contributed by atoms with Gasteiger partial charge in [-0.3, -0.25) is 4.99 Å². The maximum absolute atomic E-state index is 4.21. The summed E-state index contributed by atoms with van der Waals surface area (Å²) in [5, 5.41) is 0. The van der Waals surface area contributed by atoms with E-state index in [0.29, 0.717) is 5.82 Å². The maximum Gasteiger partial charge on any atom is 0.205 e. The number of hydrogen-bond donors (Lipinski definition) is 0. The minimum Gasteiger partial charge on any atom is -0.288 e. The Balaban J connectivity index is 1.92. The zero-order chi connectivity index (χ0) is 11.5. The predicted molar refractivity (Wildman–Crippen MR) is 65.8 cm³/mol. The van der Waals surface area contributed by atoms with Crippen molar-refractivity contribution in [1.29, 1.82) is 0 Å². The topological polar surface area (TPSA) is 38.1 Å². The van der Waals surface area contributed by atoms with Gasteiger partial charge >= 0.3 is 0 Å². The third-order valence-electron chi connectivity index (χ3n) is 2.52. The van der Waals surface area contributed by atoms with Crippen LogP contribution in [0.5, 0.6) is 0 Å². The van der Waals surface area contributed by atoms with E-state index in [-0.39, 0.29) is 0 Å². The third kappa shape index (κ3) is 2.06. The van der Waals surface area contributed by atoms with Crippen LogP contribution in [0.2, 0.25) is 0 Å². The second-order valence-electron chi connectivity index (χ2n) is 3.71. The number of fused-ring (bicyclic) bond motifs is 1. The summed E-state index contributed by atoms with van der Waals surface area (Å²) >= 11 is 0. The molecular weight excluding hydrogens is 210 g/mol. The predicted octanol–water partition coefficient (Wildman–Crippen LogP) is 1.81. The van der Waals surface area contributed by atoms with E-state index in [0.717, 1.165) is 17.7 Å². The third-order valence-corrected chi connectivity index (χ3v) is 2.52. The molecule has 17 heavy (non-hydrogen) atoms. The molecule has 0 radical (unpaired) electrons. The van der Waals surface area contributed by atoms with E-state index in [1.807, 2.05) is 18.3 Å². The van der Waals surface area contributed by atoms with E-state index in [4.69, 9.17) is 0 Å². The first-order chi connectivity index (χ1) is 8.42. The summed E-state index contributed by atoms with van der Waals surface area (Å²) in [6.45, 7) is 0.783. The lowest BCUT2D eigenvalue weighted by molar-refractivity contribution is 1.11. The van der Waals surface area contributed by atoms with Gasteiger partial charge in [0.05, 0.1) is 6.54 Å². The molecule has 1 aliphatic rings. The first-order valence-corrected chi connectivity index (χ1v) is 5.33. The van der Waals surface area contributed by atoms with Crippen molar-refractivity contribution in [3.8, 4) is 11.8 Å². The van der Waals surface area contributed by atoms with Crippen molar-refractivity contribution in [2.45, 2.75) is 6.54 Å². The lowest BCUT2D eigenvalue weighted by atomic mass is 10.1. The van der Waals surface area contributed by atoms with Gasteiger partial charge in [-0.25, -0.2) is 9.97 Å². The lowest BCUT2D eigenvalue weighted by Crippen LogP contribution is -1.87. The Bertz CT molecular complexity index is 634. The van der Waals surface area contributed by atoms with Gasteiger partial charge in [0.2, 0.25) is 5.82 Å². The summed E-state index contributed by atoms with van der Waals surface area (Å²) in [6, 6.07) is 7.89. The van der Waals surface area contributed by atoms with Crippen LogP contribution in [0.25, 0.3) is 0 Å². The smallest absolute Gasteiger partial charge is 0.205 e. The Hall–Kier alpha value is -2.47. The Morgan fingerprint density at radius 2 is 1.94 bits per heavy atom. The molecule has 0 aliphatic carbocycles. The second-order valence-corrected chi connectivity index (χ2v) is 3.71. The highest BCUT2D eigenvalue weighted by Gasteiger charge is 2.05. The number of benzene rings is 1. The molecule has 0 unspecified atom stereocenters. The molecule has 3 nitrogen and oxygen atoms in total. The van der Waals surface area contributed by atoms with Crippen LogP contribution in [0.3, 0.4) is 0 Å². The van der Waals surface area contributed by atoms with Crippen molar-refractivity contribution in [3.05, 3.63) is 59.2 Å². The standard InChI is InChI=1S/C14H9N3/c1-6-16-14(17-7-1)5-3-11-2-4-12-9-15-10-13(12)8-11/h1-2,4,6-8,10H,9H2. The van der Waals surface area contributed by atoms with Gasteiger partial charge < -0.3 is 0 Å². The number of rotatable bonds is 0. The molecule has 0 saturated carbocycles. The Labute approximate surface area is 99.3 Å². The SMILES string of the molecule is C(#Cc1ncccn1)c1ccc2c(c1)C=NC2. The summed E-state index contributed by atoms with van der Waals surface area (Å²) in [4.78, 5) is 12.3. The zero-order valence-electron chi connectivity index (χ0n) is 9.09. The molecule has 0 N–H and O–H groups in total. The fraction of sp³-hybridized carbons (Fsp3) is 0.0714. The molecule has 1 aromatic heterocycles. The highest BCUT2D eigenvalue weighted by Crippen LogP contribution is 2.15. The summed E-state index contributed by atoms with van der Waals surface area (Å²) in [7, 11) is 0. The molecule has 2 heterocycles. The van der Waals surface area contributed by atoms with Gasteiger partial charge in [0.25, 0.3) is 0 Å². The zero-order valence-corrected chi connectivity index (χ0v) is 9.09. The van der Waals surface area contributed by atoms with Crippen LogP contribution in [0.4, 0.5) is 0 Å². The van der Waals surface area contributed by atoms with Crippen LogP contribution in [0.15, 0.2) is 41.7 Å². The molecule has 1 aliphatic heterocycles. The fourth-order valence-electron chi connectivity index (χ4n) is 1.67. The van der Waals surface area contributed by atoms with Crippen molar-refractivity contribution in [1.82, 2.24) is 9.97 Å². The van der Waals surface area contributed by atoms with Crippen LogP contribution >= 0.6 is 0 Å². The van der Waals surface area contributed by atoms with Gasteiger partial charge in [0.1, 0.15) is 0 Å². The Morgan fingerprint density at radius 3 is 2.82 bits per heavy atom. The van der Waals surface area contributed by atoms with E-state index >= 15 is 0 Å². The molecule has 1 aromatic carbocycles. The minimum atomic E-state index is 0.543.